The van der Waals surface area contributed by atoms with Crippen molar-refractivity contribution in [1.29, 1.82) is 0 Å². The van der Waals surface area contributed by atoms with E-state index in [0.29, 0.717) is 0 Å². The molecule has 0 heterocycles. The molecule has 0 aromatic carbocycles. The molecule has 0 atom stereocenters. The van der Waals surface area contributed by atoms with E-state index in [1.807, 2.05) is 13.8 Å². The van der Waals surface area contributed by atoms with Gasteiger partial charge >= 0.3 is 0 Å². The Hall–Kier alpha value is -0.860. The van der Waals surface area contributed by atoms with E-state index >= 15 is 0 Å². The van der Waals surface area contributed by atoms with Crippen LogP contribution in [0.25, 0.3) is 0 Å². The summed E-state index contributed by atoms with van der Waals surface area (Å²) in [5.74, 6) is 0.906. The predicted molar refractivity (Wildman–Crippen MR) is 54.7 cm³/mol. The topological polar surface area (TPSA) is 36.8 Å². The van der Waals surface area contributed by atoms with Gasteiger partial charge in [0.2, 0.25) is 0 Å². The highest BCUT2D eigenvalue weighted by Gasteiger charge is 2.17. The first-order valence-electron chi connectivity index (χ1n) is 4.12. The second kappa shape index (κ2) is 4.24. The number of nitrogens with one attached hydrogen (secondary N) is 1. The molecule has 0 aliphatic carbocycles. The van der Waals surface area contributed by atoms with Crippen molar-refractivity contribution < 1.29 is 0 Å². The molecule has 1 N–H and O–H groups in total. The van der Waals surface area contributed by atoms with Crippen molar-refractivity contribution in [2.45, 2.75) is 34.6 Å². The van der Waals surface area contributed by atoms with Gasteiger partial charge in [-0.1, -0.05) is 20.8 Å². The van der Waals surface area contributed by atoms with Gasteiger partial charge in [-0.2, -0.15) is 5.10 Å². The van der Waals surface area contributed by atoms with Crippen molar-refractivity contribution in [2.75, 3.05) is 7.05 Å². The molecule has 70 valence electrons. The van der Waals surface area contributed by atoms with Gasteiger partial charge in [0.15, 0.2) is 0 Å². The lowest BCUT2D eigenvalue weighted by Gasteiger charge is -2.20. The molecule has 0 rings (SSSR count). The molecule has 3 heteroatoms. The summed E-state index contributed by atoms with van der Waals surface area (Å²) in [4.78, 5) is 4.13. The molecule has 0 unspecified atom stereocenters. The maximum atomic E-state index is 4.13. The smallest absolute Gasteiger partial charge is 0.122 e. The summed E-state index contributed by atoms with van der Waals surface area (Å²) in [6.45, 7) is 10.2. The lowest BCUT2D eigenvalue weighted by molar-refractivity contribution is 0.566. The Bertz CT molecular complexity index is 192. The highest BCUT2D eigenvalue weighted by atomic mass is 15.3. The van der Waals surface area contributed by atoms with Crippen LogP contribution in [0.4, 0.5) is 0 Å². The van der Waals surface area contributed by atoms with Crippen molar-refractivity contribution in [3.8, 4) is 0 Å². The zero-order chi connectivity index (χ0) is 9.78. The van der Waals surface area contributed by atoms with Gasteiger partial charge in [-0.05, 0) is 13.8 Å². The fourth-order valence-electron chi connectivity index (χ4n) is 0.718. The minimum atomic E-state index is 0.0354. The Morgan fingerprint density at radius 1 is 1.17 bits per heavy atom. The van der Waals surface area contributed by atoms with Crippen LogP contribution < -0.4 is 5.43 Å². The number of amidine groups is 1. The molecule has 3 nitrogen and oxygen atoms in total. The van der Waals surface area contributed by atoms with E-state index in [4.69, 9.17) is 0 Å². The molecule has 0 spiro atoms. The number of aliphatic imine (C=N–C) groups is 1. The normalized spacial score (nSPS) is 12.7. The highest BCUT2D eigenvalue weighted by molar-refractivity contribution is 5.88. The Morgan fingerprint density at radius 2 is 1.67 bits per heavy atom. The third-order valence-electron chi connectivity index (χ3n) is 1.32. The van der Waals surface area contributed by atoms with Crippen LogP contribution in [0.3, 0.4) is 0 Å². The standard InChI is InChI=1S/C9H19N3/c1-7(2)11-12-8(10-6)9(3,4)5/h1-6H3,(H,10,12). The molecule has 0 bridgehead atoms. The summed E-state index contributed by atoms with van der Waals surface area (Å²) < 4.78 is 0. The number of hydrazone groups is 1. The van der Waals surface area contributed by atoms with Gasteiger partial charge in [-0.25, -0.2) is 0 Å². The molecule has 0 amide bonds. The molecular weight excluding hydrogens is 150 g/mol. The minimum absolute atomic E-state index is 0.0354. The van der Waals surface area contributed by atoms with Crippen LogP contribution >= 0.6 is 0 Å². The Balaban J connectivity index is 4.33. The van der Waals surface area contributed by atoms with Crippen LogP contribution in [0, 0.1) is 5.41 Å². The van der Waals surface area contributed by atoms with E-state index in [1.165, 1.54) is 0 Å². The summed E-state index contributed by atoms with van der Waals surface area (Å²) >= 11 is 0. The lowest BCUT2D eigenvalue weighted by atomic mass is 9.95. The summed E-state index contributed by atoms with van der Waals surface area (Å²) in [7, 11) is 1.77. The molecule has 0 aromatic rings. The molecule has 0 aromatic heterocycles. The van der Waals surface area contributed by atoms with Gasteiger partial charge in [0, 0.05) is 18.2 Å². The first-order valence-corrected chi connectivity index (χ1v) is 4.12. The number of hydrogen-bond acceptors (Lipinski definition) is 2. The third kappa shape index (κ3) is 4.11. The molecule has 0 aliphatic heterocycles. The highest BCUT2D eigenvalue weighted by Crippen LogP contribution is 2.13. The number of hydrogen-bond donors (Lipinski definition) is 1. The first kappa shape index (κ1) is 11.1. The number of nitrogens with zero attached hydrogens (tertiary/aromatic N) is 2. The predicted octanol–water partition coefficient (Wildman–Crippen LogP) is 2.05. The van der Waals surface area contributed by atoms with Gasteiger partial charge < -0.3 is 0 Å². The van der Waals surface area contributed by atoms with Gasteiger partial charge in [0.25, 0.3) is 0 Å². The minimum Gasteiger partial charge on any atom is -0.274 e. The first-order chi connectivity index (χ1) is 5.38. The SMILES string of the molecule is CN=C(NN=C(C)C)C(C)(C)C. The van der Waals surface area contributed by atoms with Gasteiger partial charge in [-0.15, -0.1) is 0 Å². The maximum absolute atomic E-state index is 4.13. The molecule has 12 heavy (non-hydrogen) atoms. The van der Waals surface area contributed by atoms with E-state index < -0.39 is 0 Å². The van der Waals surface area contributed by atoms with Gasteiger partial charge in [-0.3, -0.25) is 10.4 Å². The zero-order valence-electron chi connectivity index (χ0n) is 8.89. The molecule has 0 fully saturated rings. The zero-order valence-corrected chi connectivity index (χ0v) is 8.89. The van der Waals surface area contributed by atoms with Crippen LogP contribution in [0.5, 0.6) is 0 Å². The van der Waals surface area contributed by atoms with Crippen LogP contribution in [-0.2, 0) is 0 Å². The Labute approximate surface area is 75.0 Å². The molecule has 0 radical (unpaired) electrons. The fraction of sp³-hybridized carbons (Fsp3) is 0.778. The molecular formula is C9H19N3. The monoisotopic (exact) mass is 169 g/mol. The Morgan fingerprint density at radius 3 is 1.92 bits per heavy atom. The average Bonchev–Trinajstić information content (AvgIpc) is 1.85. The van der Waals surface area contributed by atoms with Gasteiger partial charge in [0.05, 0.1) is 0 Å². The van der Waals surface area contributed by atoms with Crippen molar-refractivity contribution in [1.82, 2.24) is 5.43 Å². The quantitative estimate of drug-likeness (QED) is 0.364. The largest absolute Gasteiger partial charge is 0.274 e. The van der Waals surface area contributed by atoms with Crippen molar-refractivity contribution in [3.05, 3.63) is 0 Å². The van der Waals surface area contributed by atoms with Gasteiger partial charge in [0.1, 0.15) is 5.84 Å². The summed E-state index contributed by atoms with van der Waals surface area (Å²) in [6.07, 6.45) is 0. The van der Waals surface area contributed by atoms with Crippen molar-refractivity contribution in [2.24, 2.45) is 15.5 Å². The van der Waals surface area contributed by atoms with Crippen molar-refractivity contribution >= 4 is 11.5 Å². The van der Waals surface area contributed by atoms with Crippen molar-refractivity contribution in [3.63, 3.8) is 0 Å². The van der Waals surface area contributed by atoms with E-state index in [0.717, 1.165) is 11.5 Å². The average molecular weight is 169 g/mol. The molecule has 0 saturated heterocycles. The summed E-state index contributed by atoms with van der Waals surface area (Å²) in [5.41, 5.74) is 3.98. The summed E-state index contributed by atoms with van der Waals surface area (Å²) in [5, 5.41) is 4.10. The molecule has 0 aliphatic rings. The Kier molecular flexibility index (Phi) is 3.93. The van der Waals surface area contributed by atoms with Crippen LogP contribution in [0.1, 0.15) is 34.6 Å². The fourth-order valence-corrected chi connectivity index (χ4v) is 0.718. The summed E-state index contributed by atoms with van der Waals surface area (Å²) in [6, 6.07) is 0. The van der Waals surface area contributed by atoms with E-state index in [2.05, 4.69) is 36.3 Å². The van der Waals surface area contributed by atoms with Crippen LogP contribution in [0.15, 0.2) is 10.1 Å². The second-order valence-electron chi connectivity index (χ2n) is 3.99. The second-order valence-corrected chi connectivity index (χ2v) is 3.99. The molecule has 0 saturated carbocycles. The van der Waals surface area contributed by atoms with E-state index in [1.54, 1.807) is 7.05 Å². The van der Waals surface area contributed by atoms with Crippen LogP contribution in [0.2, 0.25) is 0 Å². The number of rotatable bonds is 1. The van der Waals surface area contributed by atoms with E-state index in [-0.39, 0.29) is 5.41 Å². The van der Waals surface area contributed by atoms with Crippen LogP contribution in [-0.4, -0.2) is 18.6 Å². The third-order valence-corrected chi connectivity index (χ3v) is 1.32. The maximum Gasteiger partial charge on any atom is 0.122 e. The lowest BCUT2D eigenvalue weighted by Crippen LogP contribution is -2.32. The van der Waals surface area contributed by atoms with E-state index in [9.17, 15) is 0 Å².